The van der Waals surface area contributed by atoms with Crippen LogP contribution in [0.25, 0.3) is 10.8 Å². The van der Waals surface area contributed by atoms with E-state index in [1.807, 2.05) is 6.92 Å². The summed E-state index contributed by atoms with van der Waals surface area (Å²) in [5, 5.41) is 10.1. The second-order valence-corrected chi connectivity index (χ2v) is 3.56. The van der Waals surface area contributed by atoms with E-state index in [4.69, 9.17) is 5.11 Å². The maximum atomic E-state index is 11.6. The van der Waals surface area contributed by atoms with Crippen molar-refractivity contribution in [3.05, 3.63) is 45.9 Å². The van der Waals surface area contributed by atoms with E-state index in [0.29, 0.717) is 5.39 Å². The Balaban J connectivity index is 2.83. The standard InChI is InChI=1S/C12H11NO3/c1-2-7-6-13-11(14)10-5-8(12(15)16)3-4-9(7)10/h3-6H,2H2,1H3,(H,13,14)(H,15,16). The molecular weight excluding hydrogens is 206 g/mol. The Labute approximate surface area is 91.5 Å². The summed E-state index contributed by atoms with van der Waals surface area (Å²) < 4.78 is 0. The van der Waals surface area contributed by atoms with Crippen LogP contribution in [0.15, 0.2) is 29.2 Å². The number of H-pyrrole nitrogens is 1. The molecule has 1 aromatic carbocycles. The molecule has 0 radical (unpaired) electrons. The number of carbonyl (C=O) groups is 1. The van der Waals surface area contributed by atoms with E-state index < -0.39 is 5.97 Å². The van der Waals surface area contributed by atoms with Gasteiger partial charge in [0.2, 0.25) is 0 Å². The summed E-state index contributed by atoms with van der Waals surface area (Å²) in [4.78, 5) is 25.0. The lowest BCUT2D eigenvalue weighted by atomic mass is 10.0. The van der Waals surface area contributed by atoms with Crippen molar-refractivity contribution < 1.29 is 9.90 Å². The van der Waals surface area contributed by atoms with Crippen LogP contribution in [0.1, 0.15) is 22.8 Å². The third-order valence-electron chi connectivity index (χ3n) is 2.62. The molecule has 1 aromatic heterocycles. The largest absolute Gasteiger partial charge is 0.478 e. The van der Waals surface area contributed by atoms with Gasteiger partial charge in [-0.2, -0.15) is 0 Å². The molecule has 2 rings (SSSR count). The zero-order valence-electron chi connectivity index (χ0n) is 8.78. The van der Waals surface area contributed by atoms with Gasteiger partial charge in [-0.15, -0.1) is 0 Å². The second-order valence-electron chi connectivity index (χ2n) is 3.56. The molecule has 82 valence electrons. The van der Waals surface area contributed by atoms with Gasteiger partial charge in [0, 0.05) is 11.6 Å². The van der Waals surface area contributed by atoms with Gasteiger partial charge in [0.1, 0.15) is 0 Å². The van der Waals surface area contributed by atoms with Crippen LogP contribution in [0.5, 0.6) is 0 Å². The second kappa shape index (κ2) is 3.81. The first kappa shape index (κ1) is 10.4. The fraction of sp³-hybridized carbons (Fsp3) is 0.167. The van der Waals surface area contributed by atoms with Crippen molar-refractivity contribution in [2.45, 2.75) is 13.3 Å². The molecule has 0 bridgehead atoms. The fourth-order valence-corrected chi connectivity index (χ4v) is 1.75. The molecule has 0 fully saturated rings. The first-order valence-electron chi connectivity index (χ1n) is 5.01. The number of carboxylic acids is 1. The van der Waals surface area contributed by atoms with Gasteiger partial charge in [-0.05, 0) is 29.5 Å². The minimum absolute atomic E-state index is 0.131. The topological polar surface area (TPSA) is 70.2 Å². The van der Waals surface area contributed by atoms with Gasteiger partial charge in [-0.3, -0.25) is 4.79 Å². The number of hydrogen-bond donors (Lipinski definition) is 2. The monoisotopic (exact) mass is 217 g/mol. The number of carboxylic acid groups (broad SMARTS) is 1. The van der Waals surface area contributed by atoms with Crippen molar-refractivity contribution in [2.75, 3.05) is 0 Å². The Bertz CT molecular complexity index is 613. The van der Waals surface area contributed by atoms with E-state index in [-0.39, 0.29) is 11.1 Å². The van der Waals surface area contributed by atoms with Crippen LogP contribution in [0, 0.1) is 0 Å². The van der Waals surface area contributed by atoms with Crippen molar-refractivity contribution in [2.24, 2.45) is 0 Å². The predicted molar refractivity (Wildman–Crippen MR) is 60.9 cm³/mol. The molecule has 1 heterocycles. The molecule has 2 aromatic rings. The summed E-state index contributed by atoms with van der Waals surface area (Å²) in [6, 6.07) is 4.62. The summed E-state index contributed by atoms with van der Waals surface area (Å²) in [6.07, 6.45) is 2.46. The van der Waals surface area contributed by atoms with E-state index in [2.05, 4.69) is 4.98 Å². The number of benzene rings is 1. The molecule has 0 spiro atoms. The molecule has 0 aliphatic heterocycles. The number of aromatic nitrogens is 1. The lowest BCUT2D eigenvalue weighted by Gasteiger charge is -2.04. The van der Waals surface area contributed by atoms with Gasteiger partial charge in [-0.1, -0.05) is 13.0 Å². The van der Waals surface area contributed by atoms with Crippen LogP contribution in [-0.2, 0) is 6.42 Å². The van der Waals surface area contributed by atoms with Crippen LogP contribution < -0.4 is 5.56 Å². The Morgan fingerprint density at radius 1 is 1.38 bits per heavy atom. The SMILES string of the molecule is CCc1c[nH]c(=O)c2cc(C(=O)O)ccc12. The lowest BCUT2D eigenvalue weighted by Crippen LogP contribution is -2.08. The molecule has 0 saturated heterocycles. The maximum Gasteiger partial charge on any atom is 0.335 e. The Morgan fingerprint density at radius 2 is 2.12 bits per heavy atom. The smallest absolute Gasteiger partial charge is 0.335 e. The average molecular weight is 217 g/mol. The maximum absolute atomic E-state index is 11.6. The van der Waals surface area contributed by atoms with Crippen molar-refractivity contribution in [3.8, 4) is 0 Å². The van der Waals surface area contributed by atoms with E-state index in [0.717, 1.165) is 17.4 Å². The van der Waals surface area contributed by atoms with Crippen molar-refractivity contribution >= 4 is 16.7 Å². The predicted octanol–water partition coefficient (Wildman–Crippen LogP) is 1.79. The van der Waals surface area contributed by atoms with Gasteiger partial charge >= 0.3 is 5.97 Å². The zero-order valence-corrected chi connectivity index (χ0v) is 8.78. The first-order valence-corrected chi connectivity index (χ1v) is 5.01. The molecule has 0 aliphatic rings. The van der Waals surface area contributed by atoms with E-state index in [9.17, 15) is 9.59 Å². The molecule has 2 N–H and O–H groups in total. The summed E-state index contributed by atoms with van der Waals surface area (Å²) in [6.45, 7) is 1.98. The normalized spacial score (nSPS) is 10.6. The van der Waals surface area contributed by atoms with Gasteiger partial charge in [0.15, 0.2) is 0 Å². The highest BCUT2D eigenvalue weighted by Gasteiger charge is 2.08. The number of aryl methyl sites for hydroxylation is 1. The van der Waals surface area contributed by atoms with Crippen LogP contribution in [-0.4, -0.2) is 16.1 Å². The molecule has 16 heavy (non-hydrogen) atoms. The van der Waals surface area contributed by atoms with Crippen molar-refractivity contribution in [1.29, 1.82) is 0 Å². The van der Waals surface area contributed by atoms with Gasteiger partial charge in [-0.25, -0.2) is 4.79 Å². The molecule has 4 nitrogen and oxygen atoms in total. The highest BCUT2D eigenvalue weighted by Crippen LogP contribution is 2.16. The first-order chi connectivity index (χ1) is 7.63. The number of rotatable bonds is 2. The average Bonchev–Trinajstić information content (AvgIpc) is 2.29. The number of aromatic amines is 1. The highest BCUT2D eigenvalue weighted by molar-refractivity contribution is 5.94. The van der Waals surface area contributed by atoms with Crippen LogP contribution in [0.4, 0.5) is 0 Å². The molecule has 4 heteroatoms. The Morgan fingerprint density at radius 3 is 2.75 bits per heavy atom. The van der Waals surface area contributed by atoms with Gasteiger partial charge in [0.05, 0.1) is 5.56 Å². The van der Waals surface area contributed by atoms with Crippen LogP contribution in [0.2, 0.25) is 0 Å². The molecule has 0 unspecified atom stereocenters. The number of aromatic carboxylic acids is 1. The minimum Gasteiger partial charge on any atom is -0.478 e. The highest BCUT2D eigenvalue weighted by atomic mass is 16.4. The van der Waals surface area contributed by atoms with E-state index in [1.54, 1.807) is 12.3 Å². The van der Waals surface area contributed by atoms with Crippen molar-refractivity contribution in [3.63, 3.8) is 0 Å². The van der Waals surface area contributed by atoms with Crippen LogP contribution in [0.3, 0.4) is 0 Å². The summed E-state index contributed by atoms with van der Waals surface area (Å²) in [5.41, 5.74) is 0.882. The van der Waals surface area contributed by atoms with Gasteiger partial charge < -0.3 is 10.1 Å². The summed E-state index contributed by atoms with van der Waals surface area (Å²) >= 11 is 0. The molecular formula is C12H11NO3. The number of pyridine rings is 1. The molecule has 0 amide bonds. The molecule has 0 atom stereocenters. The summed E-state index contributed by atoms with van der Waals surface area (Å²) in [5.74, 6) is -1.02. The quantitative estimate of drug-likeness (QED) is 0.805. The van der Waals surface area contributed by atoms with E-state index in [1.165, 1.54) is 12.1 Å². The van der Waals surface area contributed by atoms with E-state index >= 15 is 0 Å². The molecule has 0 aliphatic carbocycles. The van der Waals surface area contributed by atoms with Crippen molar-refractivity contribution in [1.82, 2.24) is 4.98 Å². The van der Waals surface area contributed by atoms with Crippen LogP contribution >= 0.6 is 0 Å². The zero-order chi connectivity index (χ0) is 11.7. The number of nitrogens with one attached hydrogen (secondary N) is 1. The molecule has 0 saturated carbocycles. The Hall–Kier alpha value is -2.10. The Kier molecular flexibility index (Phi) is 2.48. The number of fused-ring (bicyclic) bond motifs is 1. The van der Waals surface area contributed by atoms with Gasteiger partial charge in [0.25, 0.3) is 5.56 Å². The minimum atomic E-state index is -1.02. The number of hydrogen-bond acceptors (Lipinski definition) is 2. The lowest BCUT2D eigenvalue weighted by molar-refractivity contribution is 0.0697. The third kappa shape index (κ3) is 1.58. The fourth-order valence-electron chi connectivity index (χ4n) is 1.75. The third-order valence-corrected chi connectivity index (χ3v) is 2.62. The summed E-state index contributed by atoms with van der Waals surface area (Å²) in [7, 11) is 0.